The molecular formula is C11H13N3O3. The van der Waals surface area contributed by atoms with Crippen molar-refractivity contribution in [1.29, 1.82) is 0 Å². The van der Waals surface area contributed by atoms with Gasteiger partial charge in [0.2, 0.25) is 0 Å². The van der Waals surface area contributed by atoms with Gasteiger partial charge in [-0.05, 0) is 6.07 Å². The molecule has 1 atom stereocenters. The van der Waals surface area contributed by atoms with E-state index < -0.39 is 4.92 Å². The Bertz CT molecular complexity index is 463. The molecule has 0 unspecified atom stereocenters. The van der Waals surface area contributed by atoms with E-state index in [1.165, 1.54) is 12.1 Å². The minimum absolute atomic E-state index is 0.0809. The third-order valence-electron chi connectivity index (χ3n) is 3.25. The van der Waals surface area contributed by atoms with Crippen LogP contribution in [0.5, 0.6) is 5.75 Å². The van der Waals surface area contributed by atoms with Crippen LogP contribution in [0.25, 0.3) is 0 Å². The van der Waals surface area contributed by atoms with Crippen molar-refractivity contribution in [1.82, 2.24) is 5.32 Å². The van der Waals surface area contributed by atoms with Crippen LogP contribution in [0.2, 0.25) is 0 Å². The molecule has 2 aliphatic rings. The van der Waals surface area contributed by atoms with Gasteiger partial charge in [-0.2, -0.15) is 0 Å². The second-order valence-electron chi connectivity index (χ2n) is 4.27. The van der Waals surface area contributed by atoms with E-state index in [0.29, 0.717) is 18.4 Å². The van der Waals surface area contributed by atoms with Gasteiger partial charge in [-0.25, -0.2) is 0 Å². The summed E-state index contributed by atoms with van der Waals surface area (Å²) >= 11 is 0. The lowest BCUT2D eigenvalue weighted by atomic mass is 10.1. The maximum absolute atomic E-state index is 10.7. The molecule has 1 N–H and O–H groups in total. The Morgan fingerprint density at radius 2 is 2.41 bits per heavy atom. The Kier molecular flexibility index (Phi) is 2.36. The fraction of sp³-hybridized carbons (Fsp3) is 0.455. The highest BCUT2D eigenvalue weighted by atomic mass is 16.6. The molecule has 0 bridgehead atoms. The Labute approximate surface area is 98.3 Å². The van der Waals surface area contributed by atoms with Gasteiger partial charge in [0, 0.05) is 25.7 Å². The third kappa shape index (κ3) is 1.70. The Hall–Kier alpha value is -1.82. The van der Waals surface area contributed by atoms with Gasteiger partial charge >= 0.3 is 0 Å². The summed E-state index contributed by atoms with van der Waals surface area (Å²) in [5.41, 5.74) is 1.05. The van der Waals surface area contributed by atoms with Crippen molar-refractivity contribution in [3.63, 3.8) is 0 Å². The zero-order valence-electron chi connectivity index (χ0n) is 9.26. The van der Waals surface area contributed by atoms with Crippen LogP contribution in [0.15, 0.2) is 18.2 Å². The number of anilines is 1. The average Bonchev–Trinajstić information content (AvgIpc) is 2.38. The van der Waals surface area contributed by atoms with Crippen molar-refractivity contribution in [2.75, 3.05) is 31.1 Å². The van der Waals surface area contributed by atoms with Crippen molar-refractivity contribution in [3.05, 3.63) is 28.3 Å². The number of nitrogens with one attached hydrogen (secondary N) is 1. The lowest BCUT2D eigenvalue weighted by molar-refractivity contribution is -0.384. The number of non-ortho nitro benzene ring substituents is 1. The van der Waals surface area contributed by atoms with Gasteiger partial charge in [0.1, 0.15) is 12.4 Å². The number of nitro groups is 1. The van der Waals surface area contributed by atoms with Crippen LogP contribution in [0.3, 0.4) is 0 Å². The molecule has 1 saturated heterocycles. The van der Waals surface area contributed by atoms with Gasteiger partial charge in [0.25, 0.3) is 5.69 Å². The van der Waals surface area contributed by atoms with Crippen molar-refractivity contribution in [2.45, 2.75) is 6.04 Å². The topological polar surface area (TPSA) is 67.6 Å². The highest BCUT2D eigenvalue weighted by Crippen LogP contribution is 2.36. The van der Waals surface area contributed by atoms with Crippen LogP contribution in [0, 0.1) is 10.1 Å². The predicted molar refractivity (Wildman–Crippen MR) is 62.6 cm³/mol. The van der Waals surface area contributed by atoms with E-state index in [0.717, 1.165) is 25.3 Å². The zero-order valence-corrected chi connectivity index (χ0v) is 9.26. The van der Waals surface area contributed by atoms with Crippen LogP contribution in [-0.4, -0.2) is 37.2 Å². The lowest BCUT2D eigenvalue weighted by Crippen LogP contribution is -2.55. The molecule has 6 nitrogen and oxygen atoms in total. The highest BCUT2D eigenvalue weighted by Gasteiger charge is 2.30. The molecule has 6 heteroatoms. The fourth-order valence-electron chi connectivity index (χ4n) is 2.38. The molecule has 2 heterocycles. The van der Waals surface area contributed by atoms with Crippen LogP contribution < -0.4 is 15.0 Å². The Morgan fingerprint density at radius 1 is 1.53 bits per heavy atom. The Balaban J connectivity index is 1.97. The molecule has 3 rings (SSSR count). The summed E-state index contributed by atoms with van der Waals surface area (Å²) in [6, 6.07) is 5.16. The van der Waals surface area contributed by atoms with E-state index in [-0.39, 0.29) is 5.69 Å². The van der Waals surface area contributed by atoms with E-state index >= 15 is 0 Å². The number of benzene rings is 1. The minimum atomic E-state index is -0.395. The molecule has 0 amide bonds. The first-order valence-electron chi connectivity index (χ1n) is 5.64. The molecule has 1 aromatic rings. The van der Waals surface area contributed by atoms with Gasteiger partial charge in [-0.1, -0.05) is 0 Å². The number of hydrogen-bond donors (Lipinski definition) is 1. The molecule has 0 radical (unpaired) electrons. The Morgan fingerprint density at radius 3 is 3.24 bits per heavy atom. The SMILES string of the molecule is O=[N+]([O-])c1ccc2c(c1)OC[C@H]1CNCCN21. The van der Waals surface area contributed by atoms with Gasteiger partial charge < -0.3 is 15.0 Å². The molecule has 0 aliphatic carbocycles. The summed E-state index contributed by atoms with van der Waals surface area (Å²) in [4.78, 5) is 12.6. The van der Waals surface area contributed by atoms with Crippen LogP contribution in [0.1, 0.15) is 0 Å². The number of hydrogen-bond acceptors (Lipinski definition) is 5. The van der Waals surface area contributed by atoms with Crippen molar-refractivity contribution < 1.29 is 9.66 Å². The van der Waals surface area contributed by atoms with Crippen molar-refractivity contribution >= 4 is 11.4 Å². The molecule has 17 heavy (non-hydrogen) atoms. The molecular weight excluding hydrogens is 222 g/mol. The summed E-state index contributed by atoms with van der Waals surface area (Å²) in [5.74, 6) is 0.623. The monoisotopic (exact) mass is 235 g/mol. The number of rotatable bonds is 1. The van der Waals surface area contributed by atoms with Crippen LogP contribution in [-0.2, 0) is 0 Å². The lowest BCUT2D eigenvalue weighted by Gasteiger charge is -2.41. The fourth-order valence-corrected chi connectivity index (χ4v) is 2.38. The van der Waals surface area contributed by atoms with Crippen LogP contribution >= 0.6 is 0 Å². The molecule has 2 aliphatic heterocycles. The van der Waals surface area contributed by atoms with E-state index in [1.807, 2.05) is 0 Å². The maximum Gasteiger partial charge on any atom is 0.273 e. The second-order valence-corrected chi connectivity index (χ2v) is 4.27. The third-order valence-corrected chi connectivity index (χ3v) is 3.25. The zero-order chi connectivity index (χ0) is 11.8. The summed E-state index contributed by atoms with van der Waals surface area (Å²) in [6.07, 6.45) is 0. The number of piperazine rings is 1. The number of ether oxygens (including phenoxy) is 1. The largest absolute Gasteiger partial charge is 0.489 e. The van der Waals surface area contributed by atoms with Crippen LogP contribution in [0.4, 0.5) is 11.4 Å². The minimum Gasteiger partial charge on any atom is -0.489 e. The number of fused-ring (bicyclic) bond motifs is 3. The standard InChI is InChI=1S/C11H13N3O3/c15-14(16)8-1-2-10-11(5-8)17-7-9-6-12-3-4-13(9)10/h1-2,5,9,12H,3-4,6-7H2/t9-/m1/s1. The molecule has 0 saturated carbocycles. The summed E-state index contributed by atoms with van der Waals surface area (Å²) in [5, 5.41) is 14.0. The summed E-state index contributed by atoms with van der Waals surface area (Å²) < 4.78 is 5.60. The highest BCUT2D eigenvalue weighted by molar-refractivity contribution is 5.64. The maximum atomic E-state index is 10.7. The van der Waals surface area contributed by atoms with E-state index in [4.69, 9.17) is 4.74 Å². The molecule has 90 valence electrons. The summed E-state index contributed by atoms with van der Waals surface area (Å²) in [6.45, 7) is 3.34. The van der Waals surface area contributed by atoms with Gasteiger partial charge in [0.05, 0.1) is 22.7 Å². The van der Waals surface area contributed by atoms with Gasteiger partial charge in [0.15, 0.2) is 0 Å². The second kappa shape index (κ2) is 3.89. The first kappa shape index (κ1) is 10.3. The first-order chi connectivity index (χ1) is 8.25. The van der Waals surface area contributed by atoms with E-state index in [1.54, 1.807) is 6.07 Å². The molecule has 1 aromatic carbocycles. The van der Waals surface area contributed by atoms with E-state index in [9.17, 15) is 10.1 Å². The molecule has 0 spiro atoms. The number of nitrogens with zero attached hydrogens (tertiary/aromatic N) is 2. The quantitative estimate of drug-likeness (QED) is 0.575. The van der Waals surface area contributed by atoms with Crippen molar-refractivity contribution in [2.24, 2.45) is 0 Å². The van der Waals surface area contributed by atoms with Gasteiger partial charge in [-0.3, -0.25) is 10.1 Å². The molecule has 1 fully saturated rings. The average molecular weight is 235 g/mol. The van der Waals surface area contributed by atoms with Gasteiger partial charge in [-0.15, -0.1) is 0 Å². The predicted octanol–water partition coefficient (Wildman–Crippen LogP) is 0.765. The first-order valence-corrected chi connectivity index (χ1v) is 5.64. The smallest absolute Gasteiger partial charge is 0.273 e. The van der Waals surface area contributed by atoms with E-state index in [2.05, 4.69) is 10.2 Å². The van der Waals surface area contributed by atoms with Crippen molar-refractivity contribution in [3.8, 4) is 5.75 Å². The summed E-state index contributed by atoms with van der Waals surface area (Å²) in [7, 11) is 0. The number of nitro benzene ring substituents is 1. The normalized spacial score (nSPS) is 22.4. The molecule has 0 aromatic heterocycles.